The molecule has 0 bridgehead atoms. The first-order valence-electron chi connectivity index (χ1n) is 6.75. The van der Waals surface area contributed by atoms with E-state index in [1.54, 1.807) is 0 Å². The van der Waals surface area contributed by atoms with Crippen molar-refractivity contribution in [3.8, 4) is 0 Å². The maximum absolute atomic E-state index is 13.8. The molecule has 2 rings (SSSR count). The second-order valence-electron chi connectivity index (χ2n) is 5.49. The summed E-state index contributed by atoms with van der Waals surface area (Å²) < 4.78 is 64.8. The number of nitrogens with two attached hydrogens (primary N) is 1. The van der Waals surface area contributed by atoms with Crippen molar-refractivity contribution in [2.45, 2.75) is 31.0 Å². The number of likely N-dealkylation sites (tertiary alicyclic amines) is 1. The molecule has 0 saturated carbocycles. The number of alkyl halides is 3. The van der Waals surface area contributed by atoms with Crippen molar-refractivity contribution in [2.75, 3.05) is 19.6 Å². The standard InChI is InChI=1S/C14H17F5N2/c15-12-3-1-2-11(13(12)16)9-4-5-10(20)7-21(6-9)8-14(17,18)19/h1-3,9-10H,4-8,20H2/t9-,10-/m1/s1. The van der Waals surface area contributed by atoms with E-state index < -0.39 is 36.3 Å². The van der Waals surface area contributed by atoms with Gasteiger partial charge in [-0.15, -0.1) is 0 Å². The third-order valence-corrected chi connectivity index (χ3v) is 3.68. The first kappa shape index (κ1) is 16.2. The summed E-state index contributed by atoms with van der Waals surface area (Å²) in [4.78, 5) is 1.17. The van der Waals surface area contributed by atoms with E-state index in [4.69, 9.17) is 5.73 Å². The lowest BCUT2D eigenvalue weighted by Gasteiger charge is -2.26. The molecule has 2 nitrogen and oxygen atoms in total. The Morgan fingerprint density at radius 2 is 1.86 bits per heavy atom. The molecule has 2 N–H and O–H groups in total. The molecule has 7 heteroatoms. The highest BCUT2D eigenvalue weighted by atomic mass is 19.4. The van der Waals surface area contributed by atoms with Crippen LogP contribution >= 0.6 is 0 Å². The maximum Gasteiger partial charge on any atom is 0.401 e. The topological polar surface area (TPSA) is 29.3 Å². The van der Waals surface area contributed by atoms with Crippen molar-refractivity contribution in [3.05, 3.63) is 35.4 Å². The van der Waals surface area contributed by atoms with Gasteiger partial charge >= 0.3 is 6.18 Å². The molecule has 0 spiro atoms. The summed E-state index contributed by atoms with van der Waals surface area (Å²) in [7, 11) is 0. The van der Waals surface area contributed by atoms with E-state index in [-0.39, 0.29) is 18.7 Å². The summed E-state index contributed by atoms with van der Waals surface area (Å²) in [5, 5.41) is 0. The Morgan fingerprint density at radius 1 is 1.14 bits per heavy atom. The van der Waals surface area contributed by atoms with Gasteiger partial charge < -0.3 is 5.73 Å². The lowest BCUT2D eigenvalue weighted by molar-refractivity contribution is -0.146. The van der Waals surface area contributed by atoms with Crippen LogP contribution in [0.15, 0.2) is 18.2 Å². The quantitative estimate of drug-likeness (QED) is 0.851. The molecular formula is C14H17F5N2. The van der Waals surface area contributed by atoms with Gasteiger partial charge in [0.25, 0.3) is 0 Å². The van der Waals surface area contributed by atoms with Crippen LogP contribution in [0.25, 0.3) is 0 Å². The number of rotatable bonds is 2. The smallest absolute Gasteiger partial charge is 0.327 e. The summed E-state index contributed by atoms with van der Waals surface area (Å²) >= 11 is 0. The highest BCUT2D eigenvalue weighted by molar-refractivity contribution is 5.23. The van der Waals surface area contributed by atoms with Crippen molar-refractivity contribution in [1.82, 2.24) is 4.90 Å². The van der Waals surface area contributed by atoms with Gasteiger partial charge in [-0.1, -0.05) is 12.1 Å². The fraction of sp³-hybridized carbons (Fsp3) is 0.571. The molecule has 0 aliphatic carbocycles. The largest absolute Gasteiger partial charge is 0.401 e. The number of halogens is 5. The van der Waals surface area contributed by atoms with Crippen molar-refractivity contribution in [2.24, 2.45) is 5.73 Å². The average Bonchev–Trinajstić information content (AvgIpc) is 2.52. The fourth-order valence-corrected chi connectivity index (χ4v) is 2.79. The lowest BCUT2D eigenvalue weighted by atomic mass is 9.93. The van der Waals surface area contributed by atoms with Crippen molar-refractivity contribution in [1.29, 1.82) is 0 Å². The van der Waals surface area contributed by atoms with Gasteiger partial charge in [0.1, 0.15) is 0 Å². The lowest BCUT2D eigenvalue weighted by Crippen LogP contribution is -2.41. The molecule has 0 amide bonds. The third-order valence-electron chi connectivity index (χ3n) is 3.68. The summed E-state index contributed by atoms with van der Waals surface area (Å²) in [6, 6.07) is 3.39. The van der Waals surface area contributed by atoms with Gasteiger partial charge in [-0.3, -0.25) is 4.90 Å². The van der Waals surface area contributed by atoms with Crippen LogP contribution in [0.2, 0.25) is 0 Å². The predicted molar refractivity (Wildman–Crippen MR) is 68.8 cm³/mol. The van der Waals surface area contributed by atoms with Crippen molar-refractivity contribution >= 4 is 0 Å². The minimum Gasteiger partial charge on any atom is -0.327 e. The van der Waals surface area contributed by atoms with E-state index >= 15 is 0 Å². The van der Waals surface area contributed by atoms with Crippen LogP contribution in [0.5, 0.6) is 0 Å². The van der Waals surface area contributed by atoms with E-state index in [1.807, 2.05) is 0 Å². The van der Waals surface area contributed by atoms with Gasteiger partial charge in [-0.05, 0) is 30.4 Å². The van der Waals surface area contributed by atoms with Crippen LogP contribution in [0.1, 0.15) is 24.3 Å². The second kappa shape index (κ2) is 6.27. The van der Waals surface area contributed by atoms with Gasteiger partial charge in [-0.25, -0.2) is 8.78 Å². The van der Waals surface area contributed by atoms with E-state index in [0.717, 1.165) is 6.07 Å². The SMILES string of the molecule is N[C@@H]1CC[C@@H](c2cccc(F)c2F)CN(CC(F)(F)F)C1. The van der Waals surface area contributed by atoms with E-state index in [2.05, 4.69) is 0 Å². The van der Waals surface area contributed by atoms with Gasteiger partial charge in [-0.2, -0.15) is 13.2 Å². The number of hydrogen-bond acceptors (Lipinski definition) is 2. The van der Waals surface area contributed by atoms with Gasteiger partial charge in [0.2, 0.25) is 0 Å². The minimum atomic E-state index is -4.34. The highest BCUT2D eigenvalue weighted by Crippen LogP contribution is 2.30. The Labute approximate surface area is 119 Å². The Bertz CT molecular complexity index is 489. The molecule has 1 heterocycles. The molecule has 1 aromatic carbocycles. The number of nitrogens with zero attached hydrogens (tertiary/aromatic N) is 1. The molecule has 0 radical (unpaired) electrons. The van der Waals surface area contributed by atoms with Crippen LogP contribution < -0.4 is 5.73 Å². The molecule has 2 atom stereocenters. The Kier molecular flexibility index (Phi) is 4.83. The zero-order valence-corrected chi connectivity index (χ0v) is 11.3. The molecule has 118 valence electrons. The molecule has 0 unspecified atom stereocenters. The van der Waals surface area contributed by atoms with Crippen LogP contribution in [-0.4, -0.2) is 36.8 Å². The molecule has 1 aliphatic heterocycles. The molecule has 21 heavy (non-hydrogen) atoms. The third kappa shape index (κ3) is 4.38. The van der Waals surface area contributed by atoms with Crippen LogP contribution in [0, 0.1) is 11.6 Å². The Morgan fingerprint density at radius 3 is 2.52 bits per heavy atom. The van der Waals surface area contributed by atoms with Gasteiger partial charge in [0.15, 0.2) is 11.6 Å². The average molecular weight is 308 g/mol. The predicted octanol–water partition coefficient (Wildman–Crippen LogP) is 3.03. The first-order chi connectivity index (χ1) is 9.76. The highest BCUT2D eigenvalue weighted by Gasteiger charge is 2.34. The molecule has 1 saturated heterocycles. The summed E-state index contributed by atoms with van der Waals surface area (Å²) in [5.74, 6) is -2.45. The van der Waals surface area contributed by atoms with Crippen LogP contribution in [0.3, 0.4) is 0 Å². The van der Waals surface area contributed by atoms with Crippen LogP contribution in [0.4, 0.5) is 22.0 Å². The molecule has 0 aromatic heterocycles. The number of hydrogen-bond donors (Lipinski definition) is 1. The van der Waals surface area contributed by atoms with Gasteiger partial charge in [0, 0.05) is 19.1 Å². The number of benzene rings is 1. The zero-order valence-electron chi connectivity index (χ0n) is 11.3. The van der Waals surface area contributed by atoms with Crippen molar-refractivity contribution in [3.63, 3.8) is 0 Å². The molecule has 1 fully saturated rings. The molecule has 1 aromatic rings. The molecule has 1 aliphatic rings. The summed E-state index contributed by atoms with van der Waals surface area (Å²) in [6.07, 6.45) is -3.42. The Hall–Kier alpha value is -1.21. The second-order valence-corrected chi connectivity index (χ2v) is 5.49. The first-order valence-corrected chi connectivity index (χ1v) is 6.75. The normalized spacial score (nSPS) is 24.9. The molecular weight excluding hydrogens is 291 g/mol. The van der Waals surface area contributed by atoms with E-state index in [9.17, 15) is 22.0 Å². The Balaban J connectivity index is 2.21. The summed E-state index contributed by atoms with van der Waals surface area (Å²) in [5.41, 5.74) is 5.90. The fourth-order valence-electron chi connectivity index (χ4n) is 2.79. The van der Waals surface area contributed by atoms with E-state index in [1.165, 1.54) is 17.0 Å². The van der Waals surface area contributed by atoms with Crippen LogP contribution in [-0.2, 0) is 0 Å². The zero-order chi connectivity index (χ0) is 15.6. The maximum atomic E-state index is 13.8. The monoisotopic (exact) mass is 308 g/mol. The summed E-state index contributed by atoms with van der Waals surface area (Å²) in [6.45, 7) is -0.964. The minimum absolute atomic E-state index is 0.0214. The van der Waals surface area contributed by atoms with E-state index in [0.29, 0.717) is 12.8 Å². The van der Waals surface area contributed by atoms with Crippen molar-refractivity contribution < 1.29 is 22.0 Å². The van der Waals surface area contributed by atoms with Gasteiger partial charge in [0.05, 0.1) is 6.54 Å².